The summed E-state index contributed by atoms with van der Waals surface area (Å²) in [7, 11) is 0. The number of rotatable bonds is 1. The second-order valence-electron chi connectivity index (χ2n) is 4.05. The Morgan fingerprint density at radius 2 is 2.11 bits per heavy atom. The maximum Gasteiger partial charge on any atom is 0.265 e. The predicted octanol–water partition coefficient (Wildman–Crippen LogP) is -0.217. The van der Waals surface area contributed by atoms with Gasteiger partial charge in [-0.1, -0.05) is 30.0 Å². The van der Waals surface area contributed by atoms with Crippen molar-refractivity contribution in [3.8, 4) is 0 Å². The Balaban J connectivity index is 2.11. The van der Waals surface area contributed by atoms with Crippen LogP contribution in [0.2, 0.25) is 0 Å². The van der Waals surface area contributed by atoms with E-state index in [1.807, 2.05) is 0 Å². The van der Waals surface area contributed by atoms with Crippen molar-refractivity contribution in [1.82, 2.24) is 0 Å². The maximum absolute atomic E-state index is 12.0. The van der Waals surface area contributed by atoms with E-state index in [-0.39, 0.29) is 5.17 Å². The first-order valence-corrected chi connectivity index (χ1v) is 6.09. The molecule has 2 aliphatic rings. The van der Waals surface area contributed by atoms with Gasteiger partial charge in [-0.3, -0.25) is 9.59 Å². The fourth-order valence-electron chi connectivity index (χ4n) is 2.15. The molecular weight excluding hydrogens is 254 g/mol. The van der Waals surface area contributed by atoms with Crippen LogP contribution in [0.4, 0.5) is 5.69 Å². The number of anilines is 1. The molecule has 2 aliphatic heterocycles. The first kappa shape index (κ1) is 11.2. The minimum atomic E-state index is -1.91. The summed E-state index contributed by atoms with van der Waals surface area (Å²) in [5, 5.41) is 12.2. The standard InChI is InChI=1S/C11H9N3O3S/c12-10-14-8(15)7(18-10)11(17)5-3-1-2-4-6(5)13-9(11)16/h1-4,7,17H,(H,13,16)(H2,12,14,15)/t7-,11+/m0/s1. The van der Waals surface area contributed by atoms with Crippen LogP contribution in [0.15, 0.2) is 29.3 Å². The van der Waals surface area contributed by atoms with Crippen molar-refractivity contribution in [3.63, 3.8) is 0 Å². The molecule has 0 aliphatic carbocycles. The minimum absolute atomic E-state index is 0.0654. The van der Waals surface area contributed by atoms with Crippen LogP contribution in [0.5, 0.6) is 0 Å². The molecule has 0 saturated carbocycles. The molecule has 18 heavy (non-hydrogen) atoms. The molecule has 0 spiro atoms. The van der Waals surface area contributed by atoms with Crippen LogP contribution in [0, 0.1) is 0 Å². The average Bonchev–Trinajstić information content (AvgIpc) is 2.80. The second-order valence-corrected chi connectivity index (χ2v) is 5.18. The smallest absolute Gasteiger partial charge is 0.265 e. The molecule has 2 amide bonds. The van der Waals surface area contributed by atoms with Crippen LogP contribution in [0.1, 0.15) is 5.56 Å². The second kappa shape index (κ2) is 3.56. The highest BCUT2D eigenvalue weighted by molar-refractivity contribution is 8.15. The zero-order valence-corrected chi connectivity index (χ0v) is 9.90. The Bertz CT molecular complexity index is 601. The highest BCUT2D eigenvalue weighted by atomic mass is 32.2. The summed E-state index contributed by atoms with van der Waals surface area (Å²) in [5.41, 5.74) is 4.43. The highest BCUT2D eigenvalue weighted by Gasteiger charge is 2.56. The van der Waals surface area contributed by atoms with E-state index in [4.69, 9.17) is 5.73 Å². The van der Waals surface area contributed by atoms with Gasteiger partial charge < -0.3 is 16.2 Å². The number of nitrogens with one attached hydrogen (secondary N) is 1. The highest BCUT2D eigenvalue weighted by Crippen LogP contribution is 2.44. The molecule has 0 bridgehead atoms. The predicted molar refractivity (Wildman–Crippen MR) is 67.0 cm³/mol. The number of aliphatic imine (C=N–C) groups is 1. The number of thioether (sulfide) groups is 1. The lowest BCUT2D eigenvalue weighted by Crippen LogP contribution is -2.46. The van der Waals surface area contributed by atoms with Gasteiger partial charge in [0.2, 0.25) is 0 Å². The summed E-state index contributed by atoms with van der Waals surface area (Å²) in [6.07, 6.45) is 0. The molecule has 0 unspecified atom stereocenters. The van der Waals surface area contributed by atoms with E-state index < -0.39 is 22.7 Å². The normalized spacial score (nSPS) is 30.1. The monoisotopic (exact) mass is 263 g/mol. The molecule has 0 radical (unpaired) electrons. The van der Waals surface area contributed by atoms with Crippen molar-refractivity contribution in [2.24, 2.45) is 10.7 Å². The lowest BCUT2D eigenvalue weighted by molar-refractivity contribution is -0.138. The summed E-state index contributed by atoms with van der Waals surface area (Å²) in [4.78, 5) is 27.2. The molecule has 3 rings (SSSR count). The van der Waals surface area contributed by atoms with E-state index in [1.54, 1.807) is 24.3 Å². The Labute approximate surface area is 106 Å². The van der Waals surface area contributed by atoms with Gasteiger partial charge in [-0.05, 0) is 6.07 Å². The van der Waals surface area contributed by atoms with Gasteiger partial charge >= 0.3 is 0 Å². The van der Waals surface area contributed by atoms with E-state index in [0.29, 0.717) is 11.3 Å². The van der Waals surface area contributed by atoms with Crippen molar-refractivity contribution in [2.45, 2.75) is 10.9 Å². The van der Waals surface area contributed by atoms with Crippen LogP contribution < -0.4 is 11.1 Å². The molecule has 7 heteroatoms. The number of amides is 2. The number of nitrogens with zero attached hydrogens (tertiary/aromatic N) is 1. The van der Waals surface area contributed by atoms with Crippen LogP contribution in [-0.4, -0.2) is 27.3 Å². The van der Waals surface area contributed by atoms with Gasteiger partial charge in [0.15, 0.2) is 10.8 Å². The number of fused-ring (bicyclic) bond motifs is 1. The Morgan fingerprint density at radius 1 is 1.39 bits per heavy atom. The molecule has 1 aromatic carbocycles. The minimum Gasteiger partial charge on any atom is -0.378 e. The summed E-state index contributed by atoms with van der Waals surface area (Å²) >= 11 is 0.904. The number of nitrogens with two attached hydrogens (primary N) is 1. The molecule has 0 aromatic heterocycles. The first-order valence-electron chi connectivity index (χ1n) is 5.21. The van der Waals surface area contributed by atoms with E-state index in [9.17, 15) is 14.7 Å². The van der Waals surface area contributed by atoms with Crippen molar-refractivity contribution >= 4 is 34.4 Å². The lowest BCUT2D eigenvalue weighted by Gasteiger charge is -2.24. The number of para-hydroxylation sites is 1. The van der Waals surface area contributed by atoms with Gasteiger partial charge in [0.05, 0.1) is 0 Å². The van der Waals surface area contributed by atoms with Gasteiger partial charge in [0.1, 0.15) is 5.25 Å². The van der Waals surface area contributed by atoms with E-state index >= 15 is 0 Å². The van der Waals surface area contributed by atoms with Gasteiger partial charge in [-0.2, -0.15) is 4.99 Å². The van der Waals surface area contributed by atoms with Crippen LogP contribution in [-0.2, 0) is 15.2 Å². The quantitative estimate of drug-likeness (QED) is 0.650. The Kier molecular flexibility index (Phi) is 2.23. The molecule has 0 saturated heterocycles. The largest absolute Gasteiger partial charge is 0.378 e. The van der Waals surface area contributed by atoms with Crippen molar-refractivity contribution in [1.29, 1.82) is 0 Å². The molecule has 4 N–H and O–H groups in total. The third-order valence-corrected chi connectivity index (χ3v) is 4.11. The number of aliphatic hydroxyl groups is 1. The molecule has 92 valence electrons. The van der Waals surface area contributed by atoms with Crippen molar-refractivity contribution < 1.29 is 14.7 Å². The number of hydrogen-bond acceptors (Lipinski definition) is 5. The molecule has 0 fully saturated rings. The summed E-state index contributed by atoms with van der Waals surface area (Å²) in [6.45, 7) is 0. The number of carbonyl (C=O) groups excluding carboxylic acids is 2. The van der Waals surface area contributed by atoms with Gasteiger partial charge in [0, 0.05) is 11.3 Å². The van der Waals surface area contributed by atoms with E-state index in [1.165, 1.54) is 0 Å². The number of hydrogen-bond donors (Lipinski definition) is 3. The third-order valence-electron chi connectivity index (χ3n) is 2.99. The molecule has 2 heterocycles. The Hall–Kier alpha value is -1.86. The lowest BCUT2D eigenvalue weighted by atomic mass is 9.91. The zero-order chi connectivity index (χ0) is 12.9. The SMILES string of the molecule is NC1=NC(=O)[C@@H]([C@@]2(O)C(=O)Nc3ccccc32)S1. The Morgan fingerprint density at radius 3 is 2.78 bits per heavy atom. The molecular formula is C11H9N3O3S. The number of benzene rings is 1. The van der Waals surface area contributed by atoms with Crippen LogP contribution in [0.3, 0.4) is 0 Å². The fourth-order valence-corrected chi connectivity index (χ4v) is 3.10. The average molecular weight is 263 g/mol. The van der Waals surface area contributed by atoms with Crippen LogP contribution in [0.25, 0.3) is 0 Å². The maximum atomic E-state index is 12.0. The summed E-state index contributed by atoms with van der Waals surface area (Å²) in [5.74, 6) is -1.22. The first-order chi connectivity index (χ1) is 8.53. The van der Waals surface area contributed by atoms with Crippen molar-refractivity contribution in [3.05, 3.63) is 29.8 Å². The topological polar surface area (TPSA) is 105 Å². The van der Waals surface area contributed by atoms with Gasteiger partial charge in [-0.15, -0.1) is 0 Å². The fraction of sp³-hybridized carbons (Fsp3) is 0.182. The molecule has 2 atom stereocenters. The van der Waals surface area contributed by atoms with Gasteiger partial charge in [0.25, 0.3) is 11.8 Å². The molecule has 1 aromatic rings. The van der Waals surface area contributed by atoms with Crippen LogP contribution >= 0.6 is 11.8 Å². The van der Waals surface area contributed by atoms with Crippen molar-refractivity contribution in [2.75, 3.05) is 5.32 Å². The number of carbonyl (C=O) groups is 2. The summed E-state index contributed by atoms with van der Waals surface area (Å²) < 4.78 is 0. The van der Waals surface area contributed by atoms with Gasteiger partial charge in [-0.25, -0.2) is 0 Å². The van der Waals surface area contributed by atoms with E-state index in [0.717, 1.165) is 11.8 Å². The zero-order valence-electron chi connectivity index (χ0n) is 9.08. The molecule has 6 nitrogen and oxygen atoms in total. The summed E-state index contributed by atoms with van der Waals surface area (Å²) in [6, 6.07) is 6.70. The van der Waals surface area contributed by atoms with E-state index in [2.05, 4.69) is 10.3 Å². The third kappa shape index (κ3) is 1.31. The number of amidine groups is 1.